The fraction of sp³-hybridized carbons (Fsp3) is 0.368. The lowest BCUT2D eigenvalue weighted by Crippen LogP contribution is -2.58. The lowest BCUT2D eigenvalue weighted by atomic mass is 10.0. The number of alkyl halides is 6. The van der Waals surface area contributed by atoms with Crippen molar-refractivity contribution in [1.82, 2.24) is 0 Å². The molecule has 0 radical (unpaired) electrons. The summed E-state index contributed by atoms with van der Waals surface area (Å²) in [5.41, 5.74) is 0. The second kappa shape index (κ2) is 9.72. The SMILES string of the molecule is C=CC1C=CC(OCC(F)(F)C(F)(F)C(F)(F)COc2c(F)c(F)c(S(=O)(=O)O)c(F)c2F)=CC1. The molecule has 0 heterocycles. The number of ether oxygens (including phenoxy) is 2. The summed E-state index contributed by atoms with van der Waals surface area (Å²) >= 11 is 0. The predicted octanol–water partition coefficient (Wildman–Crippen LogP) is 5.44. The third-order valence-electron chi connectivity index (χ3n) is 4.58. The van der Waals surface area contributed by atoms with E-state index in [1.165, 1.54) is 18.2 Å². The third kappa shape index (κ3) is 5.58. The highest BCUT2D eigenvalue weighted by molar-refractivity contribution is 7.85. The zero-order valence-corrected chi connectivity index (χ0v) is 17.8. The van der Waals surface area contributed by atoms with Gasteiger partial charge >= 0.3 is 27.9 Å². The van der Waals surface area contributed by atoms with Crippen LogP contribution in [0.15, 0.2) is 41.5 Å². The van der Waals surface area contributed by atoms with Crippen molar-refractivity contribution in [2.75, 3.05) is 13.2 Å². The Bertz CT molecular complexity index is 1130. The maximum absolute atomic E-state index is 14.0. The summed E-state index contributed by atoms with van der Waals surface area (Å²) in [6.07, 6.45) is 5.40. The van der Waals surface area contributed by atoms with Crippen LogP contribution >= 0.6 is 0 Å². The summed E-state index contributed by atoms with van der Waals surface area (Å²) in [6, 6.07) is 0. The normalized spacial score (nSPS) is 17.2. The Morgan fingerprint density at radius 3 is 1.83 bits per heavy atom. The van der Waals surface area contributed by atoms with Crippen LogP contribution in [-0.2, 0) is 14.9 Å². The van der Waals surface area contributed by atoms with Crippen LogP contribution in [-0.4, -0.2) is 44.0 Å². The van der Waals surface area contributed by atoms with Gasteiger partial charge in [-0.25, -0.2) is 8.78 Å². The van der Waals surface area contributed by atoms with Crippen molar-refractivity contribution < 1.29 is 66.3 Å². The monoisotopic (exact) mass is 544 g/mol. The molecule has 196 valence electrons. The third-order valence-corrected chi connectivity index (χ3v) is 5.45. The largest absolute Gasteiger partial charge is 0.487 e. The summed E-state index contributed by atoms with van der Waals surface area (Å²) in [5, 5.41) is 0. The van der Waals surface area contributed by atoms with Crippen LogP contribution in [0.4, 0.5) is 43.9 Å². The van der Waals surface area contributed by atoms with E-state index in [0.717, 1.165) is 6.08 Å². The minimum Gasteiger partial charge on any atom is -0.487 e. The van der Waals surface area contributed by atoms with Crippen LogP contribution in [0, 0.1) is 29.2 Å². The van der Waals surface area contributed by atoms with Gasteiger partial charge < -0.3 is 9.47 Å². The van der Waals surface area contributed by atoms with Crippen LogP contribution in [0.1, 0.15) is 6.42 Å². The molecule has 0 bridgehead atoms. The highest BCUT2D eigenvalue weighted by Gasteiger charge is 2.72. The molecule has 16 heteroatoms. The lowest BCUT2D eigenvalue weighted by molar-refractivity contribution is -0.322. The number of allylic oxidation sites excluding steroid dienone is 4. The van der Waals surface area contributed by atoms with Gasteiger partial charge in [0.25, 0.3) is 0 Å². The first-order chi connectivity index (χ1) is 15.9. The molecule has 0 saturated heterocycles. The molecule has 1 aromatic carbocycles. The van der Waals surface area contributed by atoms with Gasteiger partial charge in [0.05, 0.1) is 0 Å². The van der Waals surface area contributed by atoms with E-state index in [1.807, 2.05) is 0 Å². The van der Waals surface area contributed by atoms with Crippen molar-refractivity contribution in [2.24, 2.45) is 5.92 Å². The highest BCUT2D eigenvalue weighted by Crippen LogP contribution is 2.46. The predicted molar refractivity (Wildman–Crippen MR) is 97.9 cm³/mol. The van der Waals surface area contributed by atoms with Crippen LogP contribution < -0.4 is 4.74 Å². The lowest BCUT2D eigenvalue weighted by Gasteiger charge is -2.32. The second-order valence-corrected chi connectivity index (χ2v) is 8.41. The van der Waals surface area contributed by atoms with Gasteiger partial charge in [-0.2, -0.15) is 43.5 Å². The number of halogens is 10. The maximum atomic E-state index is 14.0. The van der Waals surface area contributed by atoms with Gasteiger partial charge in [-0.1, -0.05) is 12.2 Å². The molecular formula is C19H14F10O5S. The van der Waals surface area contributed by atoms with Crippen molar-refractivity contribution in [2.45, 2.75) is 29.1 Å². The molecule has 0 spiro atoms. The molecule has 0 fully saturated rings. The van der Waals surface area contributed by atoms with Gasteiger partial charge in [-0.3, -0.25) is 4.55 Å². The number of rotatable bonds is 10. The molecule has 2 rings (SSSR count). The Hall–Kier alpha value is -2.75. The smallest absolute Gasteiger partial charge is 0.378 e. The summed E-state index contributed by atoms with van der Waals surface area (Å²) < 4.78 is 177. The molecule has 1 aliphatic rings. The molecule has 1 unspecified atom stereocenters. The number of benzene rings is 1. The fourth-order valence-corrected chi connectivity index (χ4v) is 3.26. The maximum Gasteiger partial charge on any atom is 0.378 e. The molecular weight excluding hydrogens is 530 g/mol. The summed E-state index contributed by atoms with van der Waals surface area (Å²) in [6.45, 7) is -1.73. The molecule has 1 aromatic rings. The summed E-state index contributed by atoms with van der Waals surface area (Å²) in [7, 11) is -5.91. The standard InChI is InChI=1S/C19H14F10O5S/c1-2-9-3-5-10(6-4-9)33-7-17(24,25)19(28,29)18(26,27)8-34-15-11(20)13(22)16(35(30,31)32)14(23)12(15)21/h2-3,5-6,9H,1,4,7-8H2,(H,30,31,32). The average Bonchev–Trinajstić information content (AvgIpc) is 2.75. The molecule has 0 aromatic heterocycles. The highest BCUT2D eigenvalue weighted by atomic mass is 32.2. The van der Waals surface area contributed by atoms with Crippen molar-refractivity contribution in [1.29, 1.82) is 0 Å². The van der Waals surface area contributed by atoms with E-state index in [-0.39, 0.29) is 18.1 Å². The van der Waals surface area contributed by atoms with Gasteiger partial charge in [0, 0.05) is 0 Å². The minimum atomic E-state index is -6.28. The van der Waals surface area contributed by atoms with Crippen LogP contribution in [0.25, 0.3) is 0 Å². The van der Waals surface area contributed by atoms with Crippen molar-refractivity contribution in [3.05, 3.63) is 59.9 Å². The molecule has 1 N–H and O–H groups in total. The number of hydrogen-bond donors (Lipinski definition) is 1. The molecule has 0 saturated carbocycles. The Morgan fingerprint density at radius 1 is 0.943 bits per heavy atom. The van der Waals surface area contributed by atoms with E-state index in [9.17, 15) is 52.3 Å². The Balaban J connectivity index is 2.24. The average molecular weight is 544 g/mol. The Kier molecular flexibility index (Phi) is 7.91. The zero-order chi connectivity index (χ0) is 27.0. The minimum absolute atomic E-state index is 0.196. The molecule has 0 amide bonds. The summed E-state index contributed by atoms with van der Waals surface area (Å²) in [4.78, 5) is -2.56. The van der Waals surface area contributed by atoms with Gasteiger partial charge in [0.1, 0.15) is 5.76 Å². The van der Waals surface area contributed by atoms with E-state index in [2.05, 4.69) is 16.1 Å². The fourth-order valence-electron chi connectivity index (χ4n) is 2.63. The van der Waals surface area contributed by atoms with E-state index < -0.39 is 75.0 Å². The van der Waals surface area contributed by atoms with E-state index in [0.29, 0.717) is 0 Å². The molecule has 1 aliphatic carbocycles. The van der Waals surface area contributed by atoms with Gasteiger partial charge in [0.2, 0.25) is 11.6 Å². The first-order valence-electron chi connectivity index (χ1n) is 9.10. The first-order valence-corrected chi connectivity index (χ1v) is 10.5. The van der Waals surface area contributed by atoms with E-state index in [4.69, 9.17) is 4.55 Å². The van der Waals surface area contributed by atoms with E-state index >= 15 is 0 Å². The Morgan fingerprint density at radius 2 is 1.43 bits per heavy atom. The van der Waals surface area contributed by atoms with E-state index in [1.54, 1.807) is 0 Å². The number of hydrogen-bond acceptors (Lipinski definition) is 4. The zero-order valence-electron chi connectivity index (χ0n) is 17.0. The van der Waals surface area contributed by atoms with Gasteiger partial charge in [-0.05, 0) is 24.5 Å². The molecule has 5 nitrogen and oxygen atoms in total. The summed E-state index contributed by atoms with van der Waals surface area (Å²) in [5.74, 6) is -32.1. The van der Waals surface area contributed by atoms with Crippen LogP contribution in [0.3, 0.4) is 0 Å². The molecule has 0 aliphatic heterocycles. The van der Waals surface area contributed by atoms with Crippen LogP contribution in [0.5, 0.6) is 5.75 Å². The topological polar surface area (TPSA) is 72.8 Å². The van der Waals surface area contributed by atoms with Crippen molar-refractivity contribution in [3.63, 3.8) is 0 Å². The molecule has 35 heavy (non-hydrogen) atoms. The van der Waals surface area contributed by atoms with Crippen LogP contribution in [0.2, 0.25) is 0 Å². The van der Waals surface area contributed by atoms with Crippen molar-refractivity contribution >= 4 is 10.1 Å². The quantitative estimate of drug-likeness (QED) is 0.184. The van der Waals surface area contributed by atoms with Gasteiger partial charge in [0.15, 0.2) is 35.5 Å². The van der Waals surface area contributed by atoms with Crippen molar-refractivity contribution in [3.8, 4) is 5.75 Å². The molecule has 1 atom stereocenters. The first kappa shape index (κ1) is 28.5. The Labute approximate surface area is 191 Å². The van der Waals surface area contributed by atoms with Gasteiger partial charge in [-0.15, -0.1) is 6.58 Å². The second-order valence-electron chi connectivity index (χ2n) is 7.05.